The Bertz CT molecular complexity index is 977. The minimum absolute atomic E-state index is 0.127. The molecule has 0 unspecified atom stereocenters. The largest absolute Gasteiger partial charge is 0.382 e. The van der Waals surface area contributed by atoms with Crippen LogP contribution >= 0.6 is 0 Å². The topological polar surface area (TPSA) is 97.8 Å². The van der Waals surface area contributed by atoms with E-state index in [1.54, 1.807) is 4.57 Å². The maximum atomic E-state index is 12.5. The maximum absolute atomic E-state index is 12.5. The summed E-state index contributed by atoms with van der Waals surface area (Å²) < 4.78 is 3.54. The summed E-state index contributed by atoms with van der Waals surface area (Å²) in [6.45, 7) is 12.9. The molecule has 0 amide bonds. The molecular weight excluding hydrogens is 366 g/mol. The number of H-pyrrole nitrogens is 1. The predicted molar refractivity (Wildman–Crippen MR) is 121 cm³/mol. The first-order valence-corrected chi connectivity index (χ1v) is 10.7. The number of aromatic nitrogens is 5. The molecule has 0 radical (unpaired) electrons. The summed E-state index contributed by atoms with van der Waals surface area (Å²) in [6.07, 6.45) is 5.50. The number of nitrogens with zero attached hydrogens (tertiary/aromatic N) is 5. The van der Waals surface area contributed by atoms with Gasteiger partial charge in [-0.05, 0) is 19.8 Å². The van der Waals surface area contributed by atoms with Crippen molar-refractivity contribution in [1.82, 2.24) is 24.5 Å². The highest BCUT2D eigenvalue weighted by atomic mass is 16.1. The predicted octanol–water partition coefficient (Wildman–Crippen LogP) is 3.77. The van der Waals surface area contributed by atoms with Crippen molar-refractivity contribution in [3.8, 4) is 11.3 Å². The van der Waals surface area contributed by atoms with Crippen LogP contribution in [0, 0.1) is 0 Å². The van der Waals surface area contributed by atoms with Crippen LogP contribution in [0.3, 0.4) is 0 Å². The van der Waals surface area contributed by atoms with E-state index in [2.05, 4.69) is 40.1 Å². The number of hydrogen-bond donors (Lipinski definition) is 2. The van der Waals surface area contributed by atoms with E-state index in [4.69, 9.17) is 5.73 Å². The van der Waals surface area contributed by atoms with Crippen LogP contribution in [0.15, 0.2) is 17.1 Å². The SMILES string of the molecule is CC.CCC.CCn1cc(-c2cc(N3CCCC3)n(C)n2)c2[nH]nc(N)c2c1=O. The van der Waals surface area contributed by atoms with Crippen molar-refractivity contribution in [3.63, 3.8) is 0 Å². The van der Waals surface area contributed by atoms with Crippen LogP contribution in [0.25, 0.3) is 22.2 Å². The van der Waals surface area contributed by atoms with Crippen LogP contribution in [0.4, 0.5) is 11.6 Å². The van der Waals surface area contributed by atoms with Crippen molar-refractivity contribution in [2.75, 3.05) is 23.7 Å². The lowest BCUT2D eigenvalue weighted by molar-refractivity contribution is 0.731. The third kappa shape index (κ3) is 4.46. The molecule has 0 spiro atoms. The van der Waals surface area contributed by atoms with Crippen molar-refractivity contribution in [2.24, 2.45) is 7.05 Å². The molecule has 0 atom stereocenters. The molecule has 1 saturated heterocycles. The summed E-state index contributed by atoms with van der Waals surface area (Å²) >= 11 is 0. The zero-order chi connectivity index (χ0) is 21.6. The summed E-state index contributed by atoms with van der Waals surface area (Å²) in [5.41, 5.74) is 8.07. The van der Waals surface area contributed by atoms with E-state index >= 15 is 0 Å². The highest BCUT2D eigenvalue weighted by Gasteiger charge is 2.21. The molecule has 160 valence electrons. The third-order valence-corrected chi connectivity index (χ3v) is 4.73. The fraction of sp³-hybridized carbons (Fsp3) is 0.571. The highest BCUT2D eigenvalue weighted by Crippen LogP contribution is 2.30. The molecule has 8 nitrogen and oxygen atoms in total. The molecule has 29 heavy (non-hydrogen) atoms. The van der Waals surface area contributed by atoms with E-state index < -0.39 is 0 Å². The van der Waals surface area contributed by atoms with Gasteiger partial charge >= 0.3 is 0 Å². The number of anilines is 2. The van der Waals surface area contributed by atoms with Gasteiger partial charge in [-0.25, -0.2) is 0 Å². The van der Waals surface area contributed by atoms with E-state index in [0.29, 0.717) is 17.4 Å². The summed E-state index contributed by atoms with van der Waals surface area (Å²) in [5.74, 6) is 1.33. The summed E-state index contributed by atoms with van der Waals surface area (Å²) in [6, 6.07) is 2.07. The van der Waals surface area contributed by atoms with Crippen molar-refractivity contribution in [2.45, 2.75) is 60.4 Å². The van der Waals surface area contributed by atoms with Gasteiger partial charge in [-0.3, -0.25) is 14.6 Å². The normalized spacial score (nSPS) is 13.1. The number of nitrogen functional groups attached to an aromatic ring is 1. The smallest absolute Gasteiger partial charge is 0.263 e. The lowest BCUT2D eigenvalue weighted by atomic mass is 10.1. The number of aryl methyl sites for hydroxylation is 2. The average Bonchev–Trinajstić information content (AvgIpc) is 3.45. The second-order valence-electron chi connectivity index (χ2n) is 6.91. The fourth-order valence-corrected chi connectivity index (χ4v) is 3.45. The van der Waals surface area contributed by atoms with Crippen LogP contribution < -0.4 is 16.2 Å². The molecule has 3 aromatic rings. The number of rotatable bonds is 3. The van der Waals surface area contributed by atoms with Crippen LogP contribution in [0.5, 0.6) is 0 Å². The first-order chi connectivity index (χ1) is 14.0. The number of hydrogen-bond acceptors (Lipinski definition) is 5. The van der Waals surface area contributed by atoms with Gasteiger partial charge in [0.05, 0.1) is 11.2 Å². The Morgan fingerprint density at radius 3 is 2.38 bits per heavy atom. The van der Waals surface area contributed by atoms with Gasteiger partial charge < -0.3 is 15.2 Å². The van der Waals surface area contributed by atoms with Gasteiger partial charge in [-0.2, -0.15) is 10.2 Å². The minimum Gasteiger partial charge on any atom is -0.382 e. The van der Waals surface area contributed by atoms with Gasteiger partial charge in [0, 0.05) is 44.5 Å². The molecular formula is C21H35N7O. The van der Waals surface area contributed by atoms with E-state index in [1.807, 2.05) is 38.7 Å². The average molecular weight is 402 g/mol. The van der Waals surface area contributed by atoms with Crippen molar-refractivity contribution in [3.05, 3.63) is 22.6 Å². The van der Waals surface area contributed by atoms with Gasteiger partial charge in [-0.15, -0.1) is 0 Å². The van der Waals surface area contributed by atoms with Crippen LogP contribution in [-0.4, -0.2) is 37.6 Å². The van der Waals surface area contributed by atoms with E-state index in [-0.39, 0.29) is 11.4 Å². The number of aromatic amines is 1. The zero-order valence-electron chi connectivity index (χ0n) is 18.6. The lowest BCUT2D eigenvalue weighted by Crippen LogP contribution is -2.20. The Morgan fingerprint density at radius 2 is 1.79 bits per heavy atom. The van der Waals surface area contributed by atoms with E-state index in [1.165, 1.54) is 19.3 Å². The molecule has 3 N–H and O–H groups in total. The molecule has 4 rings (SSSR count). The number of nitrogens with one attached hydrogen (secondary N) is 1. The Kier molecular flexibility index (Phi) is 7.87. The van der Waals surface area contributed by atoms with E-state index in [9.17, 15) is 4.79 Å². The fourth-order valence-electron chi connectivity index (χ4n) is 3.45. The van der Waals surface area contributed by atoms with Crippen LogP contribution in [0.2, 0.25) is 0 Å². The number of fused-ring (bicyclic) bond motifs is 1. The molecule has 0 aliphatic carbocycles. The van der Waals surface area contributed by atoms with Gasteiger partial charge in [0.1, 0.15) is 11.2 Å². The molecule has 1 aliphatic heterocycles. The molecule has 0 bridgehead atoms. The quantitative estimate of drug-likeness (QED) is 0.696. The Hall–Kier alpha value is -2.77. The van der Waals surface area contributed by atoms with Crippen molar-refractivity contribution in [1.29, 1.82) is 0 Å². The summed E-state index contributed by atoms with van der Waals surface area (Å²) in [7, 11) is 1.95. The second kappa shape index (κ2) is 10.1. The van der Waals surface area contributed by atoms with Gasteiger partial charge in [0.15, 0.2) is 5.82 Å². The van der Waals surface area contributed by atoms with Crippen LogP contribution in [0.1, 0.15) is 53.9 Å². The van der Waals surface area contributed by atoms with E-state index in [0.717, 1.165) is 30.2 Å². The molecule has 3 aromatic heterocycles. The molecule has 8 heteroatoms. The molecule has 1 fully saturated rings. The first kappa shape index (κ1) is 22.5. The molecule has 0 aromatic carbocycles. The van der Waals surface area contributed by atoms with Crippen LogP contribution in [-0.2, 0) is 13.6 Å². The number of pyridine rings is 1. The summed E-state index contributed by atoms with van der Waals surface area (Å²) in [5, 5.41) is 12.0. The monoisotopic (exact) mass is 401 g/mol. The van der Waals surface area contributed by atoms with Crippen molar-refractivity contribution >= 4 is 22.5 Å². The van der Waals surface area contributed by atoms with Gasteiger partial charge in [0.2, 0.25) is 0 Å². The standard InChI is InChI=1S/C16H21N7O.C3H8.C2H6/c1-3-22-9-10(14-13(16(22)24)15(17)19-18-14)11-8-12(21(2)20-11)23-6-4-5-7-23;1-3-2;1-2/h8-9H,3-7H2,1-2H3,(H3,17,18,19);3H2,1-2H3;1-2H3. The molecule has 1 aliphatic rings. The zero-order valence-corrected chi connectivity index (χ0v) is 18.6. The van der Waals surface area contributed by atoms with Gasteiger partial charge in [0.25, 0.3) is 5.56 Å². The molecule has 0 saturated carbocycles. The Morgan fingerprint density at radius 1 is 1.17 bits per heavy atom. The Labute approximate surface area is 172 Å². The van der Waals surface area contributed by atoms with Gasteiger partial charge in [-0.1, -0.05) is 34.1 Å². The second-order valence-corrected chi connectivity index (χ2v) is 6.91. The lowest BCUT2D eigenvalue weighted by Gasteiger charge is -2.16. The Balaban J connectivity index is 0.000000551. The maximum Gasteiger partial charge on any atom is 0.263 e. The van der Waals surface area contributed by atoms with Crippen molar-refractivity contribution < 1.29 is 0 Å². The first-order valence-electron chi connectivity index (χ1n) is 10.7. The molecule has 4 heterocycles. The number of nitrogens with two attached hydrogens (primary N) is 1. The summed E-state index contributed by atoms with van der Waals surface area (Å²) in [4.78, 5) is 14.8. The highest BCUT2D eigenvalue weighted by molar-refractivity contribution is 5.97. The minimum atomic E-state index is -0.127. The third-order valence-electron chi connectivity index (χ3n) is 4.73.